The first kappa shape index (κ1) is 22.2. The summed E-state index contributed by atoms with van der Waals surface area (Å²) in [5.74, 6) is 0.267. The molecule has 2 aromatic heterocycles. The number of para-hydroxylation sites is 1. The van der Waals surface area contributed by atoms with Crippen molar-refractivity contribution in [3.05, 3.63) is 71.8 Å². The lowest BCUT2D eigenvalue weighted by Crippen LogP contribution is -1.96. The van der Waals surface area contributed by atoms with Gasteiger partial charge in [0.2, 0.25) is 5.89 Å². The fraction of sp³-hybridized carbons (Fsp3) is 0.125. The second-order valence-electron chi connectivity index (χ2n) is 6.93. The Morgan fingerprint density at radius 2 is 1.91 bits per heavy atom. The summed E-state index contributed by atoms with van der Waals surface area (Å²) >= 11 is 0.888. The normalized spacial score (nSPS) is 11.5. The minimum absolute atomic E-state index is 0.0509. The first-order valence-corrected chi connectivity index (χ1v) is 10.7. The summed E-state index contributed by atoms with van der Waals surface area (Å²) in [4.78, 5) is 12.0. The van der Waals surface area contributed by atoms with Crippen LogP contribution in [0.25, 0.3) is 28.4 Å². The summed E-state index contributed by atoms with van der Waals surface area (Å²) in [5.41, 5.74) is 2.36. The largest absolute Gasteiger partial charge is 0.497 e. The Kier molecular flexibility index (Phi) is 6.50. The molecule has 0 aliphatic carbocycles. The van der Waals surface area contributed by atoms with E-state index in [1.165, 1.54) is 0 Å². The third-order valence-corrected chi connectivity index (χ3v) is 5.70. The number of hydrogen-bond donors (Lipinski definition) is 1. The van der Waals surface area contributed by atoms with E-state index in [4.69, 9.17) is 13.9 Å². The molecule has 1 N–H and O–H groups in total. The first-order valence-electron chi connectivity index (χ1n) is 9.91. The van der Waals surface area contributed by atoms with Gasteiger partial charge in [-0.25, -0.2) is 4.79 Å². The summed E-state index contributed by atoms with van der Waals surface area (Å²) in [7, 11) is 3.09. The molecular formula is C24H21N3O5S. The van der Waals surface area contributed by atoms with Gasteiger partial charge in [0.25, 0.3) is 5.22 Å². The lowest BCUT2D eigenvalue weighted by Gasteiger charge is -2.05. The molecule has 0 spiro atoms. The maximum Gasteiger partial charge on any atom is 0.342 e. The smallest absolute Gasteiger partial charge is 0.342 e. The second kappa shape index (κ2) is 9.66. The predicted octanol–water partition coefficient (Wildman–Crippen LogP) is 5.11. The highest BCUT2D eigenvalue weighted by molar-refractivity contribution is 8.03. The van der Waals surface area contributed by atoms with Crippen molar-refractivity contribution in [2.45, 2.75) is 11.8 Å². The van der Waals surface area contributed by atoms with Crippen molar-refractivity contribution in [1.82, 2.24) is 14.8 Å². The standard InChI is InChI=1S/C24H21N3O5S/c1-4-9-27-14-16(19-7-5-6-8-20(19)27)12-21(23(28)29)33-24-26-25-22(32-24)15-10-17(30-2)13-18(11-15)31-3/h4-8,10-14H,1,9H2,2-3H3,(H,28,29)/b21-12-. The van der Waals surface area contributed by atoms with Gasteiger partial charge in [0.15, 0.2) is 0 Å². The van der Waals surface area contributed by atoms with E-state index in [0.29, 0.717) is 23.6 Å². The summed E-state index contributed by atoms with van der Waals surface area (Å²) < 4.78 is 18.3. The molecule has 2 aromatic carbocycles. The van der Waals surface area contributed by atoms with Crippen molar-refractivity contribution in [2.24, 2.45) is 0 Å². The van der Waals surface area contributed by atoms with Crippen LogP contribution in [-0.4, -0.2) is 40.1 Å². The van der Waals surface area contributed by atoms with Crippen LogP contribution in [0.2, 0.25) is 0 Å². The minimum Gasteiger partial charge on any atom is -0.497 e. The second-order valence-corrected chi connectivity index (χ2v) is 7.93. The summed E-state index contributed by atoms with van der Waals surface area (Å²) in [6.07, 6.45) is 5.30. The number of nitrogens with zero attached hydrogens (tertiary/aromatic N) is 3. The quantitative estimate of drug-likeness (QED) is 0.208. The molecule has 168 valence electrons. The molecule has 33 heavy (non-hydrogen) atoms. The number of thioether (sulfide) groups is 1. The van der Waals surface area contributed by atoms with Crippen LogP contribution in [0.5, 0.6) is 11.5 Å². The third kappa shape index (κ3) is 4.78. The fourth-order valence-corrected chi connectivity index (χ4v) is 4.01. The van der Waals surface area contributed by atoms with E-state index in [1.807, 2.05) is 35.0 Å². The molecule has 9 heteroatoms. The zero-order chi connectivity index (χ0) is 23.4. The highest BCUT2D eigenvalue weighted by Gasteiger charge is 2.18. The van der Waals surface area contributed by atoms with E-state index in [0.717, 1.165) is 28.2 Å². The zero-order valence-corrected chi connectivity index (χ0v) is 18.8. The number of carboxylic acid groups (broad SMARTS) is 1. The van der Waals surface area contributed by atoms with Gasteiger partial charge >= 0.3 is 5.97 Å². The maximum atomic E-state index is 12.0. The number of aromatic nitrogens is 3. The van der Waals surface area contributed by atoms with Crippen LogP contribution < -0.4 is 9.47 Å². The van der Waals surface area contributed by atoms with Gasteiger partial charge in [-0.1, -0.05) is 24.3 Å². The van der Waals surface area contributed by atoms with Crippen molar-refractivity contribution >= 4 is 34.7 Å². The highest BCUT2D eigenvalue weighted by Crippen LogP contribution is 2.34. The van der Waals surface area contributed by atoms with Gasteiger partial charge in [0, 0.05) is 40.8 Å². The van der Waals surface area contributed by atoms with Crippen molar-refractivity contribution in [2.75, 3.05) is 14.2 Å². The Morgan fingerprint density at radius 1 is 1.18 bits per heavy atom. The third-order valence-electron chi connectivity index (χ3n) is 4.84. The van der Waals surface area contributed by atoms with E-state index < -0.39 is 5.97 Å². The maximum absolute atomic E-state index is 12.0. The van der Waals surface area contributed by atoms with Crippen molar-refractivity contribution in [1.29, 1.82) is 0 Å². The van der Waals surface area contributed by atoms with Gasteiger partial charge in [-0.2, -0.15) is 0 Å². The number of fused-ring (bicyclic) bond motifs is 1. The Morgan fingerprint density at radius 3 is 2.58 bits per heavy atom. The van der Waals surface area contributed by atoms with Crippen molar-refractivity contribution in [3.8, 4) is 23.0 Å². The fourth-order valence-electron chi connectivity index (χ4n) is 3.35. The van der Waals surface area contributed by atoms with Crippen LogP contribution in [0.15, 0.2) is 75.9 Å². The lowest BCUT2D eigenvalue weighted by atomic mass is 10.1. The minimum atomic E-state index is -1.09. The Hall–Kier alpha value is -3.98. The number of allylic oxidation sites excluding steroid dienone is 1. The number of ether oxygens (including phenoxy) is 2. The SMILES string of the molecule is C=CCn1cc(/C=C(\Sc2nnc(-c3cc(OC)cc(OC)c3)o2)C(=O)O)c2ccccc21. The number of rotatable bonds is 9. The van der Waals surface area contributed by atoms with Crippen LogP contribution in [0, 0.1) is 0 Å². The number of carbonyl (C=O) groups is 1. The van der Waals surface area contributed by atoms with Crippen LogP contribution >= 0.6 is 11.8 Å². The lowest BCUT2D eigenvalue weighted by molar-refractivity contribution is -0.131. The van der Waals surface area contributed by atoms with Crippen molar-refractivity contribution in [3.63, 3.8) is 0 Å². The Labute approximate surface area is 194 Å². The number of methoxy groups -OCH3 is 2. The molecule has 4 aromatic rings. The predicted molar refractivity (Wildman–Crippen MR) is 126 cm³/mol. The van der Waals surface area contributed by atoms with Crippen LogP contribution in [-0.2, 0) is 11.3 Å². The van der Waals surface area contributed by atoms with Crippen LogP contribution in [0.3, 0.4) is 0 Å². The van der Waals surface area contributed by atoms with E-state index in [2.05, 4.69) is 16.8 Å². The molecule has 0 fully saturated rings. The molecule has 0 unspecified atom stereocenters. The Bertz CT molecular complexity index is 1330. The molecule has 0 radical (unpaired) electrons. The monoisotopic (exact) mass is 463 g/mol. The number of aliphatic carboxylic acids is 1. The number of carboxylic acids is 1. The van der Waals surface area contributed by atoms with Gasteiger partial charge in [-0.05, 0) is 36.0 Å². The molecule has 0 saturated heterocycles. The molecule has 0 aliphatic rings. The molecule has 0 atom stereocenters. The van der Waals surface area contributed by atoms with Crippen molar-refractivity contribution < 1.29 is 23.8 Å². The molecule has 2 heterocycles. The van der Waals surface area contributed by atoms with Crippen LogP contribution in [0.4, 0.5) is 0 Å². The molecular weight excluding hydrogens is 442 g/mol. The molecule has 8 nitrogen and oxygen atoms in total. The van der Waals surface area contributed by atoms with E-state index in [9.17, 15) is 9.90 Å². The zero-order valence-electron chi connectivity index (χ0n) is 18.0. The average Bonchev–Trinajstić information content (AvgIpc) is 3.44. The molecule has 0 amide bonds. The molecule has 0 saturated carbocycles. The summed E-state index contributed by atoms with van der Waals surface area (Å²) in [5, 5.41) is 18.9. The molecule has 0 aliphatic heterocycles. The van der Waals surface area contributed by atoms with E-state index in [-0.39, 0.29) is 16.0 Å². The molecule has 0 bridgehead atoms. The topological polar surface area (TPSA) is 99.6 Å². The average molecular weight is 464 g/mol. The summed E-state index contributed by atoms with van der Waals surface area (Å²) in [6, 6.07) is 13.0. The van der Waals surface area contributed by atoms with Crippen LogP contribution in [0.1, 0.15) is 5.56 Å². The van der Waals surface area contributed by atoms with E-state index >= 15 is 0 Å². The number of hydrogen-bond acceptors (Lipinski definition) is 7. The molecule has 4 rings (SSSR count). The summed E-state index contributed by atoms with van der Waals surface area (Å²) in [6.45, 7) is 4.40. The number of benzene rings is 2. The van der Waals surface area contributed by atoms with E-state index in [1.54, 1.807) is 44.6 Å². The first-order chi connectivity index (χ1) is 16.0. The van der Waals surface area contributed by atoms with Gasteiger partial charge in [0.05, 0.1) is 14.2 Å². The highest BCUT2D eigenvalue weighted by atomic mass is 32.2. The Balaban J connectivity index is 1.67. The van der Waals surface area contributed by atoms with Gasteiger partial charge in [-0.3, -0.25) is 0 Å². The van der Waals surface area contributed by atoms with Gasteiger partial charge < -0.3 is 23.6 Å². The van der Waals surface area contributed by atoms with Gasteiger partial charge in [0.1, 0.15) is 16.4 Å². The van der Waals surface area contributed by atoms with Gasteiger partial charge in [-0.15, -0.1) is 16.8 Å².